The van der Waals surface area contributed by atoms with E-state index >= 15 is 0 Å². The quantitative estimate of drug-likeness (QED) is 0.548. The van der Waals surface area contributed by atoms with Crippen molar-refractivity contribution in [3.05, 3.63) is 42.5 Å². The Morgan fingerprint density at radius 3 is 2.63 bits per heavy atom. The third-order valence-corrected chi connectivity index (χ3v) is 2.78. The molecule has 0 spiro atoms. The summed E-state index contributed by atoms with van der Waals surface area (Å²) in [5.41, 5.74) is 2.05. The zero-order valence-corrected chi connectivity index (χ0v) is 11.8. The smallest absolute Gasteiger partial charge is 0.220 e. The Balaban J connectivity index is 2.45. The summed E-state index contributed by atoms with van der Waals surface area (Å²) in [5, 5.41) is 9.24. The van der Waals surface area contributed by atoms with Crippen molar-refractivity contribution >= 4 is 28.9 Å². The van der Waals surface area contributed by atoms with E-state index in [4.69, 9.17) is 12.2 Å². The number of aryl methyl sites for hydroxylation is 1. The van der Waals surface area contributed by atoms with Crippen LogP contribution in [-0.2, 0) is 11.2 Å². The maximum atomic E-state index is 11.1. The van der Waals surface area contributed by atoms with Gasteiger partial charge in [0.15, 0.2) is 5.11 Å². The Kier molecular flexibility index (Phi) is 6.60. The highest BCUT2D eigenvalue weighted by Crippen LogP contribution is 2.11. The lowest BCUT2D eigenvalue weighted by atomic mass is 10.1. The van der Waals surface area contributed by atoms with Gasteiger partial charge in [0.25, 0.3) is 0 Å². The van der Waals surface area contributed by atoms with Crippen molar-refractivity contribution in [2.24, 2.45) is 0 Å². The number of hydrogen-bond acceptors (Lipinski definition) is 2. The van der Waals surface area contributed by atoms with E-state index in [2.05, 4.69) is 22.5 Å². The number of nitrogens with one attached hydrogen (secondary N) is 3. The molecule has 0 aliphatic heterocycles. The maximum absolute atomic E-state index is 11.1. The number of thiocarbonyl (C=S) groups is 1. The first-order valence-corrected chi connectivity index (χ1v) is 6.52. The largest absolute Gasteiger partial charge is 0.359 e. The number of rotatable bonds is 6. The van der Waals surface area contributed by atoms with Crippen LogP contribution in [0.2, 0.25) is 0 Å². The molecule has 5 heteroatoms. The molecular weight excluding hydrogens is 258 g/mol. The number of hydrogen-bond donors (Lipinski definition) is 3. The van der Waals surface area contributed by atoms with Gasteiger partial charge in [-0.15, -0.1) is 6.58 Å². The minimum atomic E-state index is 0.0528. The highest BCUT2D eigenvalue weighted by atomic mass is 32.1. The van der Waals surface area contributed by atoms with Gasteiger partial charge in [0.2, 0.25) is 5.91 Å². The predicted molar refractivity (Wildman–Crippen MR) is 83.3 cm³/mol. The van der Waals surface area contributed by atoms with Crippen molar-refractivity contribution in [1.29, 1.82) is 0 Å². The van der Waals surface area contributed by atoms with Crippen LogP contribution in [0.15, 0.2) is 36.9 Å². The van der Waals surface area contributed by atoms with E-state index in [1.165, 1.54) is 0 Å². The van der Waals surface area contributed by atoms with Gasteiger partial charge in [0, 0.05) is 25.7 Å². The Labute approximate surface area is 119 Å². The molecule has 0 aromatic heterocycles. The van der Waals surface area contributed by atoms with E-state index < -0.39 is 0 Å². The fourth-order valence-corrected chi connectivity index (χ4v) is 1.68. The van der Waals surface area contributed by atoms with Crippen molar-refractivity contribution in [2.45, 2.75) is 12.8 Å². The van der Waals surface area contributed by atoms with Crippen LogP contribution in [0.3, 0.4) is 0 Å². The second-order valence-corrected chi connectivity index (χ2v) is 4.40. The van der Waals surface area contributed by atoms with Crippen molar-refractivity contribution < 1.29 is 4.79 Å². The molecule has 19 heavy (non-hydrogen) atoms. The lowest BCUT2D eigenvalue weighted by Gasteiger charge is -2.09. The van der Waals surface area contributed by atoms with Crippen LogP contribution in [0.25, 0.3) is 0 Å². The van der Waals surface area contributed by atoms with Crippen molar-refractivity contribution in [3.63, 3.8) is 0 Å². The zero-order valence-electron chi connectivity index (χ0n) is 11.0. The SMILES string of the molecule is C=CCNC(=S)Nc1ccc(CCC(=O)NC)cc1. The van der Waals surface area contributed by atoms with E-state index in [-0.39, 0.29) is 5.91 Å². The molecule has 1 amide bonds. The highest BCUT2D eigenvalue weighted by molar-refractivity contribution is 7.80. The first-order chi connectivity index (χ1) is 9.15. The summed E-state index contributed by atoms with van der Waals surface area (Å²) in [6.07, 6.45) is 2.98. The highest BCUT2D eigenvalue weighted by Gasteiger charge is 2.00. The number of benzene rings is 1. The Morgan fingerprint density at radius 2 is 2.05 bits per heavy atom. The van der Waals surface area contributed by atoms with Gasteiger partial charge in [0.1, 0.15) is 0 Å². The normalized spacial score (nSPS) is 9.53. The fraction of sp³-hybridized carbons (Fsp3) is 0.286. The van der Waals surface area contributed by atoms with E-state index in [0.717, 1.165) is 17.7 Å². The maximum Gasteiger partial charge on any atom is 0.220 e. The molecule has 4 nitrogen and oxygen atoms in total. The minimum absolute atomic E-state index is 0.0528. The van der Waals surface area contributed by atoms with Gasteiger partial charge in [-0.1, -0.05) is 18.2 Å². The average Bonchev–Trinajstić information content (AvgIpc) is 2.44. The standard InChI is InChI=1S/C14H19N3OS/c1-3-10-16-14(19)17-12-7-4-11(5-8-12)6-9-13(18)15-2/h3-5,7-8H,1,6,9-10H2,2H3,(H,15,18)(H2,16,17,19). The second kappa shape index (κ2) is 8.26. The molecule has 1 rings (SSSR count). The molecule has 1 aromatic rings. The number of carbonyl (C=O) groups excluding carboxylic acids is 1. The summed E-state index contributed by atoms with van der Waals surface area (Å²) >= 11 is 5.11. The summed E-state index contributed by atoms with van der Waals surface area (Å²) in [7, 11) is 1.65. The van der Waals surface area contributed by atoms with Crippen LogP contribution in [-0.4, -0.2) is 24.6 Å². The summed E-state index contributed by atoms with van der Waals surface area (Å²) in [4.78, 5) is 11.1. The molecular formula is C14H19N3OS. The van der Waals surface area contributed by atoms with Crippen LogP contribution in [0, 0.1) is 0 Å². The number of amides is 1. The summed E-state index contributed by atoms with van der Waals surface area (Å²) in [6.45, 7) is 4.25. The Bertz CT molecular complexity index is 443. The molecule has 0 unspecified atom stereocenters. The lowest BCUT2D eigenvalue weighted by Crippen LogP contribution is -2.28. The van der Waals surface area contributed by atoms with Gasteiger partial charge < -0.3 is 16.0 Å². The van der Waals surface area contributed by atoms with Gasteiger partial charge in [-0.25, -0.2) is 0 Å². The second-order valence-electron chi connectivity index (χ2n) is 3.99. The molecule has 0 aliphatic carbocycles. The fourth-order valence-electron chi connectivity index (χ4n) is 1.48. The number of anilines is 1. The van der Waals surface area contributed by atoms with Gasteiger partial charge in [-0.05, 0) is 36.3 Å². The molecule has 0 saturated carbocycles. The molecule has 1 aromatic carbocycles. The van der Waals surface area contributed by atoms with Gasteiger partial charge in [0.05, 0.1) is 0 Å². The van der Waals surface area contributed by atoms with Crippen LogP contribution in [0.5, 0.6) is 0 Å². The van der Waals surface area contributed by atoms with Gasteiger partial charge >= 0.3 is 0 Å². The van der Waals surface area contributed by atoms with Crippen molar-refractivity contribution in [3.8, 4) is 0 Å². The van der Waals surface area contributed by atoms with Crippen LogP contribution < -0.4 is 16.0 Å². The average molecular weight is 277 g/mol. The molecule has 0 atom stereocenters. The summed E-state index contributed by atoms with van der Waals surface area (Å²) in [6, 6.07) is 7.87. The zero-order chi connectivity index (χ0) is 14.1. The minimum Gasteiger partial charge on any atom is -0.359 e. The van der Waals surface area contributed by atoms with Crippen LogP contribution in [0.4, 0.5) is 5.69 Å². The first kappa shape index (κ1) is 15.2. The van der Waals surface area contributed by atoms with E-state index in [0.29, 0.717) is 18.1 Å². The number of carbonyl (C=O) groups is 1. The monoisotopic (exact) mass is 277 g/mol. The molecule has 0 aliphatic rings. The van der Waals surface area contributed by atoms with Crippen molar-refractivity contribution in [1.82, 2.24) is 10.6 Å². The third-order valence-electron chi connectivity index (χ3n) is 2.54. The summed E-state index contributed by atoms with van der Waals surface area (Å²) in [5.74, 6) is 0.0528. The Hall–Kier alpha value is -1.88. The molecule has 0 radical (unpaired) electrons. The van der Waals surface area contributed by atoms with Crippen LogP contribution >= 0.6 is 12.2 Å². The Morgan fingerprint density at radius 1 is 1.37 bits per heavy atom. The third kappa shape index (κ3) is 6.01. The predicted octanol–water partition coefficient (Wildman–Crippen LogP) is 1.84. The molecule has 0 fully saturated rings. The van der Waals surface area contributed by atoms with Gasteiger partial charge in [-0.3, -0.25) is 4.79 Å². The van der Waals surface area contributed by atoms with E-state index in [1.807, 2.05) is 24.3 Å². The molecule has 0 bridgehead atoms. The van der Waals surface area contributed by atoms with E-state index in [1.54, 1.807) is 13.1 Å². The topological polar surface area (TPSA) is 53.2 Å². The molecule has 102 valence electrons. The summed E-state index contributed by atoms with van der Waals surface area (Å²) < 4.78 is 0. The van der Waals surface area contributed by atoms with E-state index in [9.17, 15) is 4.79 Å². The lowest BCUT2D eigenvalue weighted by molar-refractivity contribution is -0.120. The van der Waals surface area contributed by atoms with Crippen molar-refractivity contribution in [2.75, 3.05) is 18.9 Å². The van der Waals surface area contributed by atoms with Crippen LogP contribution in [0.1, 0.15) is 12.0 Å². The molecule has 0 saturated heterocycles. The molecule has 0 heterocycles. The molecule has 3 N–H and O–H groups in total. The first-order valence-electron chi connectivity index (χ1n) is 6.11. The van der Waals surface area contributed by atoms with Gasteiger partial charge in [-0.2, -0.15) is 0 Å².